The van der Waals surface area contributed by atoms with Gasteiger partial charge in [0.25, 0.3) is 0 Å². The number of hydrogen-bond acceptors (Lipinski definition) is 5. The van der Waals surface area contributed by atoms with E-state index in [1.807, 2.05) is 12.1 Å². The lowest BCUT2D eigenvalue weighted by atomic mass is 10.1. The van der Waals surface area contributed by atoms with Crippen molar-refractivity contribution in [1.29, 1.82) is 0 Å². The summed E-state index contributed by atoms with van der Waals surface area (Å²) in [6, 6.07) is 4.54. The Kier molecular flexibility index (Phi) is 12.7. The summed E-state index contributed by atoms with van der Waals surface area (Å²) >= 11 is 2.16. The van der Waals surface area contributed by atoms with E-state index in [9.17, 15) is 24.0 Å². The SMILES string of the molecule is O=C[C@H](CCC(=O)O)NC(=O)N[C@@H](CCCCNC(=O)Nc1ccc(I)cc1)CC(=O)O. The lowest BCUT2D eigenvalue weighted by Crippen LogP contribution is -2.47. The number of rotatable bonds is 14. The van der Waals surface area contributed by atoms with Crippen LogP contribution in [0.25, 0.3) is 0 Å². The molecule has 0 aliphatic rings. The summed E-state index contributed by atoms with van der Waals surface area (Å²) in [5, 5.41) is 27.9. The fourth-order valence-electron chi connectivity index (χ4n) is 2.71. The van der Waals surface area contributed by atoms with E-state index in [0.29, 0.717) is 37.8 Å². The summed E-state index contributed by atoms with van der Waals surface area (Å²) in [4.78, 5) is 56.5. The van der Waals surface area contributed by atoms with Gasteiger partial charge in [-0.2, -0.15) is 0 Å². The standard InChI is InChI=1S/C20H27IN4O7/c21-13-4-6-14(7-5-13)23-19(31)22-10-2-1-3-15(11-18(29)30)24-20(32)25-16(12-26)8-9-17(27)28/h4-7,12,15-16H,1-3,8-11H2,(H,27,28)(H,29,30)(H2,22,23,31)(H2,24,25,32)/t15-,16-/m0/s1. The molecule has 1 rings (SSSR count). The first kappa shape index (κ1) is 27.1. The average molecular weight is 562 g/mol. The van der Waals surface area contributed by atoms with E-state index in [0.717, 1.165) is 3.57 Å². The first-order valence-electron chi connectivity index (χ1n) is 9.96. The lowest BCUT2D eigenvalue weighted by Gasteiger charge is -2.19. The largest absolute Gasteiger partial charge is 0.481 e. The van der Waals surface area contributed by atoms with Crippen LogP contribution < -0.4 is 21.3 Å². The molecule has 12 heteroatoms. The van der Waals surface area contributed by atoms with Crippen LogP contribution >= 0.6 is 22.6 Å². The molecule has 0 fully saturated rings. The molecule has 1 aromatic carbocycles. The first-order chi connectivity index (χ1) is 15.2. The van der Waals surface area contributed by atoms with Gasteiger partial charge in [-0.05, 0) is 72.5 Å². The molecule has 0 spiro atoms. The number of halogens is 1. The zero-order valence-electron chi connectivity index (χ0n) is 17.3. The number of carboxylic acids is 2. The third-order valence-electron chi connectivity index (χ3n) is 4.27. The second kappa shape index (κ2) is 15.0. The number of carbonyl (C=O) groups excluding carboxylic acids is 3. The summed E-state index contributed by atoms with van der Waals surface area (Å²) in [6.07, 6.45) is 1.23. The number of aliphatic carboxylic acids is 2. The molecule has 0 unspecified atom stereocenters. The Hall–Kier alpha value is -2.90. The van der Waals surface area contributed by atoms with Crippen LogP contribution in [0.5, 0.6) is 0 Å². The number of carbonyl (C=O) groups is 5. The van der Waals surface area contributed by atoms with Crippen LogP contribution in [0, 0.1) is 3.57 Å². The van der Waals surface area contributed by atoms with Gasteiger partial charge in [0.1, 0.15) is 6.29 Å². The quantitative estimate of drug-likeness (QED) is 0.114. The maximum atomic E-state index is 12.0. The van der Waals surface area contributed by atoms with E-state index in [-0.39, 0.29) is 25.3 Å². The fraction of sp³-hybridized carbons (Fsp3) is 0.450. The minimum absolute atomic E-state index is 0.0637. The Bertz CT molecular complexity index is 789. The molecule has 0 heterocycles. The van der Waals surface area contributed by atoms with Crippen molar-refractivity contribution >= 4 is 58.6 Å². The van der Waals surface area contributed by atoms with Crippen molar-refractivity contribution in [3.05, 3.63) is 27.8 Å². The van der Waals surface area contributed by atoms with Crippen molar-refractivity contribution < 1.29 is 34.2 Å². The predicted octanol–water partition coefficient (Wildman–Crippen LogP) is 2.16. The number of unbranched alkanes of at least 4 members (excludes halogenated alkanes) is 1. The van der Waals surface area contributed by atoms with Crippen LogP contribution in [0.15, 0.2) is 24.3 Å². The molecule has 11 nitrogen and oxygen atoms in total. The third-order valence-corrected chi connectivity index (χ3v) is 4.99. The molecule has 0 radical (unpaired) electrons. The topological polar surface area (TPSA) is 174 Å². The second-order valence-electron chi connectivity index (χ2n) is 6.97. The highest BCUT2D eigenvalue weighted by atomic mass is 127. The van der Waals surface area contributed by atoms with Crippen molar-refractivity contribution in [3.63, 3.8) is 0 Å². The smallest absolute Gasteiger partial charge is 0.319 e. The van der Waals surface area contributed by atoms with Gasteiger partial charge in [0.15, 0.2) is 0 Å². The van der Waals surface area contributed by atoms with Gasteiger partial charge >= 0.3 is 24.0 Å². The molecule has 0 aromatic heterocycles. The van der Waals surface area contributed by atoms with Crippen LogP contribution in [0.3, 0.4) is 0 Å². The summed E-state index contributed by atoms with van der Waals surface area (Å²) < 4.78 is 1.05. The van der Waals surface area contributed by atoms with Gasteiger partial charge < -0.3 is 36.3 Å². The zero-order valence-corrected chi connectivity index (χ0v) is 19.5. The van der Waals surface area contributed by atoms with E-state index < -0.39 is 30.1 Å². The van der Waals surface area contributed by atoms with Crippen molar-refractivity contribution in [1.82, 2.24) is 16.0 Å². The molecule has 176 valence electrons. The first-order valence-corrected chi connectivity index (χ1v) is 11.0. The van der Waals surface area contributed by atoms with Crippen molar-refractivity contribution in [2.45, 2.75) is 50.6 Å². The number of aldehydes is 1. The van der Waals surface area contributed by atoms with Gasteiger partial charge in [-0.25, -0.2) is 9.59 Å². The highest BCUT2D eigenvalue weighted by Gasteiger charge is 2.18. The Labute approximate surface area is 198 Å². The van der Waals surface area contributed by atoms with Crippen LogP contribution in [0.2, 0.25) is 0 Å². The Morgan fingerprint density at radius 1 is 0.938 bits per heavy atom. The maximum Gasteiger partial charge on any atom is 0.319 e. The van der Waals surface area contributed by atoms with E-state index in [1.54, 1.807) is 12.1 Å². The summed E-state index contributed by atoms with van der Waals surface area (Å²) in [5.74, 6) is -2.19. The molecule has 0 aliphatic heterocycles. The molecular weight excluding hydrogens is 535 g/mol. The zero-order chi connectivity index (χ0) is 23.9. The second-order valence-corrected chi connectivity index (χ2v) is 8.22. The lowest BCUT2D eigenvalue weighted by molar-refractivity contribution is -0.138. The molecule has 32 heavy (non-hydrogen) atoms. The highest BCUT2D eigenvalue weighted by molar-refractivity contribution is 14.1. The average Bonchev–Trinajstić information content (AvgIpc) is 2.71. The molecule has 2 atom stereocenters. The molecule has 0 saturated carbocycles. The normalized spacial score (nSPS) is 12.2. The van der Waals surface area contributed by atoms with Gasteiger partial charge in [-0.3, -0.25) is 9.59 Å². The number of urea groups is 2. The molecule has 4 amide bonds. The minimum atomic E-state index is -1.09. The van der Waals surface area contributed by atoms with Gasteiger partial charge in [0.05, 0.1) is 12.5 Å². The predicted molar refractivity (Wildman–Crippen MR) is 124 cm³/mol. The number of amides is 4. The van der Waals surface area contributed by atoms with E-state index in [2.05, 4.69) is 43.9 Å². The van der Waals surface area contributed by atoms with Crippen LogP contribution in [0.4, 0.5) is 15.3 Å². The molecule has 0 bridgehead atoms. The van der Waals surface area contributed by atoms with Crippen molar-refractivity contribution in [2.75, 3.05) is 11.9 Å². The van der Waals surface area contributed by atoms with E-state index in [4.69, 9.17) is 10.2 Å². The van der Waals surface area contributed by atoms with Crippen molar-refractivity contribution in [2.24, 2.45) is 0 Å². The molecule has 0 saturated heterocycles. The minimum Gasteiger partial charge on any atom is -0.481 e. The maximum absolute atomic E-state index is 12.0. The number of anilines is 1. The number of hydrogen-bond donors (Lipinski definition) is 6. The van der Waals surface area contributed by atoms with Gasteiger partial charge in [-0.15, -0.1) is 0 Å². The van der Waals surface area contributed by atoms with Gasteiger partial charge in [0.2, 0.25) is 0 Å². The Balaban J connectivity index is 2.36. The van der Waals surface area contributed by atoms with Gasteiger partial charge in [0, 0.05) is 28.3 Å². The number of nitrogens with one attached hydrogen (secondary N) is 4. The Morgan fingerprint density at radius 3 is 2.22 bits per heavy atom. The summed E-state index contributed by atoms with van der Waals surface area (Å²) in [6.45, 7) is 0.366. The summed E-state index contributed by atoms with van der Waals surface area (Å²) in [7, 11) is 0. The van der Waals surface area contributed by atoms with Crippen molar-refractivity contribution in [3.8, 4) is 0 Å². The molecule has 0 aliphatic carbocycles. The molecular formula is C20H27IN4O7. The number of benzene rings is 1. The highest BCUT2D eigenvalue weighted by Crippen LogP contribution is 2.11. The third kappa shape index (κ3) is 12.7. The number of carboxylic acid groups (broad SMARTS) is 2. The van der Waals surface area contributed by atoms with E-state index in [1.165, 1.54) is 0 Å². The van der Waals surface area contributed by atoms with Gasteiger partial charge in [-0.1, -0.05) is 0 Å². The fourth-order valence-corrected chi connectivity index (χ4v) is 3.07. The van der Waals surface area contributed by atoms with Crippen LogP contribution in [0.1, 0.15) is 38.5 Å². The molecule has 6 N–H and O–H groups in total. The monoisotopic (exact) mass is 562 g/mol. The van der Waals surface area contributed by atoms with Crippen LogP contribution in [-0.2, 0) is 14.4 Å². The Morgan fingerprint density at radius 2 is 1.62 bits per heavy atom. The molecule has 1 aromatic rings. The summed E-state index contributed by atoms with van der Waals surface area (Å²) in [5.41, 5.74) is 0.664. The van der Waals surface area contributed by atoms with E-state index >= 15 is 0 Å². The van der Waals surface area contributed by atoms with Crippen LogP contribution in [-0.4, -0.2) is 59.1 Å².